The number of likely N-dealkylation sites (N-methyl/N-ethyl adjacent to an activating group) is 1. The molecule has 0 saturated carbocycles. The highest BCUT2D eigenvalue weighted by Gasteiger charge is 2.10. The van der Waals surface area contributed by atoms with E-state index in [4.69, 9.17) is 0 Å². The average Bonchev–Trinajstić information content (AvgIpc) is 2.77. The van der Waals surface area contributed by atoms with Crippen molar-refractivity contribution in [2.75, 3.05) is 41.3 Å². The van der Waals surface area contributed by atoms with Crippen LogP contribution in [0, 0.1) is 0 Å². The Morgan fingerprint density at radius 3 is 2.37 bits per heavy atom. The van der Waals surface area contributed by atoms with Gasteiger partial charge < -0.3 is 20.4 Å². The van der Waals surface area contributed by atoms with Gasteiger partial charge in [0.2, 0.25) is 5.91 Å². The summed E-state index contributed by atoms with van der Waals surface area (Å²) in [5, 5.41) is 6.21. The number of carbonyl (C=O) groups excluding carboxylic acids is 2. The van der Waals surface area contributed by atoms with E-state index in [1.807, 2.05) is 30.3 Å². The zero-order chi connectivity index (χ0) is 21.9. The molecule has 2 N–H and O–H groups in total. The topological polar surface area (TPSA) is 89.9 Å². The fourth-order valence-electron chi connectivity index (χ4n) is 2.68. The quantitative estimate of drug-likeness (QED) is 0.503. The number of rotatable bonds is 8. The van der Waals surface area contributed by atoms with Gasteiger partial charge in [-0.25, -0.2) is 0 Å². The van der Waals surface area contributed by atoms with Crippen molar-refractivity contribution in [3.05, 3.63) is 65.5 Å². The molecule has 2 rings (SSSR count). The standard InChI is InChI=1S/C22H30N6O2/c1-23-22(25-15-17-8-10-18(11-9-17)21(30)27(2)3)26-16-20(29)28(4)14-12-19-7-5-6-13-24-19/h5-11,13H,12,14-16H2,1-4H3,(H2,23,25,26). The number of pyridine rings is 1. The Balaban J connectivity index is 1.76. The van der Waals surface area contributed by atoms with Gasteiger partial charge in [-0.2, -0.15) is 0 Å². The van der Waals surface area contributed by atoms with Crippen LogP contribution in [0.2, 0.25) is 0 Å². The highest BCUT2D eigenvalue weighted by atomic mass is 16.2. The maximum atomic E-state index is 12.3. The second-order valence-electron chi connectivity index (χ2n) is 7.06. The lowest BCUT2D eigenvalue weighted by atomic mass is 10.1. The molecule has 0 radical (unpaired) electrons. The Labute approximate surface area is 178 Å². The van der Waals surface area contributed by atoms with E-state index in [9.17, 15) is 9.59 Å². The van der Waals surface area contributed by atoms with Crippen LogP contribution < -0.4 is 10.6 Å². The molecule has 1 aromatic carbocycles. The summed E-state index contributed by atoms with van der Waals surface area (Å²) < 4.78 is 0. The summed E-state index contributed by atoms with van der Waals surface area (Å²) in [6.45, 7) is 1.27. The first-order valence-electron chi connectivity index (χ1n) is 9.79. The lowest BCUT2D eigenvalue weighted by Gasteiger charge is -2.18. The predicted molar refractivity (Wildman–Crippen MR) is 118 cm³/mol. The van der Waals surface area contributed by atoms with E-state index < -0.39 is 0 Å². The van der Waals surface area contributed by atoms with Crippen LogP contribution in [0.1, 0.15) is 21.6 Å². The van der Waals surface area contributed by atoms with Crippen LogP contribution in [0.3, 0.4) is 0 Å². The van der Waals surface area contributed by atoms with E-state index >= 15 is 0 Å². The summed E-state index contributed by atoms with van der Waals surface area (Å²) >= 11 is 0. The Morgan fingerprint density at radius 2 is 1.77 bits per heavy atom. The molecular weight excluding hydrogens is 380 g/mol. The second kappa shape index (κ2) is 11.5. The largest absolute Gasteiger partial charge is 0.352 e. The number of amides is 2. The van der Waals surface area contributed by atoms with Crippen LogP contribution in [-0.2, 0) is 17.8 Å². The van der Waals surface area contributed by atoms with Gasteiger partial charge >= 0.3 is 0 Å². The van der Waals surface area contributed by atoms with E-state index in [-0.39, 0.29) is 18.4 Å². The summed E-state index contributed by atoms with van der Waals surface area (Å²) in [6.07, 6.45) is 2.46. The minimum atomic E-state index is -0.0299. The molecule has 0 aliphatic carbocycles. The fourth-order valence-corrected chi connectivity index (χ4v) is 2.68. The Morgan fingerprint density at radius 1 is 1.03 bits per heavy atom. The molecule has 0 aliphatic rings. The third-order valence-electron chi connectivity index (χ3n) is 4.55. The van der Waals surface area contributed by atoms with Gasteiger partial charge in [0.1, 0.15) is 0 Å². The predicted octanol–water partition coefficient (Wildman–Crippen LogP) is 1.15. The molecule has 1 heterocycles. The molecule has 2 amide bonds. The average molecular weight is 411 g/mol. The molecular formula is C22H30N6O2. The third-order valence-corrected chi connectivity index (χ3v) is 4.55. The van der Waals surface area contributed by atoms with Crippen molar-refractivity contribution in [1.29, 1.82) is 0 Å². The van der Waals surface area contributed by atoms with Gasteiger partial charge in [-0.05, 0) is 29.8 Å². The van der Waals surface area contributed by atoms with Crippen molar-refractivity contribution in [3.8, 4) is 0 Å². The second-order valence-corrected chi connectivity index (χ2v) is 7.06. The molecule has 30 heavy (non-hydrogen) atoms. The highest BCUT2D eigenvalue weighted by molar-refractivity contribution is 5.93. The van der Waals surface area contributed by atoms with Crippen LogP contribution >= 0.6 is 0 Å². The van der Waals surface area contributed by atoms with Crippen LogP contribution in [0.4, 0.5) is 0 Å². The van der Waals surface area contributed by atoms with Crippen molar-refractivity contribution >= 4 is 17.8 Å². The van der Waals surface area contributed by atoms with E-state index in [0.29, 0.717) is 31.0 Å². The molecule has 8 nitrogen and oxygen atoms in total. The lowest BCUT2D eigenvalue weighted by molar-refractivity contribution is -0.128. The summed E-state index contributed by atoms with van der Waals surface area (Å²) in [7, 11) is 6.89. The summed E-state index contributed by atoms with van der Waals surface area (Å²) in [5.74, 6) is 0.480. The number of nitrogens with zero attached hydrogens (tertiary/aromatic N) is 4. The van der Waals surface area contributed by atoms with E-state index in [0.717, 1.165) is 11.3 Å². The van der Waals surface area contributed by atoms with Gasteiger partial charge in [-0.3, -0.25) is 19.6 Å². The molecule has 2 aromatic rings. The molecule has 0 atom stereocenters. The Bertz CT molecular complexity index is 850. The van der Waals surface area contributed by atoms with Crippen molar-refractivity contribution < 1.29 is 9.59 Å². The summed E-state index contributed by atoms with van der Waals surface area (Å²) in [6, 6.07) is 13.2. The molecule has 0 saturated heterocycles. The van der Waals surface area contributed by atoms with Crippen LogP contribution in [0.25, 0.3) is 0 Å². The number of hydrogen-bond acceptors (Lipinski definition) is 4. The molecule has 0 fully saturated rings. The van der Waals surface area contributed by atoms with Crippen molar-refractivity contribution in [2.45, 2.75) is 13.0 Å². The minimum Gasteiger partial charge on any atom is -0.352 e. The Kier molecular flexibility index (Phi) is 8.80. The highest BCUT2D eigenvalue weighted by Crippen LogP contribution is 2.06. The maximum Gasteiger partial charge on any atom is 0.253 e. The SMILES string of the molecule is CN=C(NCC(=O)N(C)CCc1ccccn1)NCc1ccc(C(=O)N(C)C)cc1. The normalized spacial score (nSPS) is 11.0. The smallest absolute Gasteiger partial charge is 0.253 e. The number of guanidine groups is 1. The first kappa shape index (κ1) is 22.9. The molecule has 0 aliphatic heterocycles. The van der Waals surface area contributed by atoms with Crippen LogP contribution in [0.5, 0.6) is 0 Å². The first-order chi connectivity index (χ1) is 14.4. The van der Waals surface area contributed by atoms with Gasteiger partial charge in [-0.1, -0.05) is 18.2 Å². The third kappa shape index (κ3) is 7.20. The molecule has 160 valence electrons. The molecule has 0 bridgehead atoms. The van der Waals surface area contributed by atoms with E-state index in [2.05, 4.69) is 20.6 Å². The number of hydrogen-bond donors (Lipinski definition) is 2. The number of carbonyl (C=O) groups is 2. The zero-order valence-electron chi connectivity index (χ0n) is 18.1. The van der Waals surface area contributed by atoms with Crippen LogP contribution in [-0.4, -0.2) is 73.8 Å². The maximum absolute atomic E-state index is 12.3. The summed E-state index contributed by atoms with van der Waals surface area (Å²) in [4.78, 5) is 35.9. The number of aromatic nitrogens is 1. The monoisotopic (exact) mass is 410 g/mol. The summed E-state index contributed by atoms with van der Waals surface area (Å²) in [5.41, 5.74) is 2.61. The van der Waals surface area contributed by atoms with E-state index in [1.165, 1.54) is 0 Å². The zero-order valence-corrected chi connectivity index (χ0v) is 18.1. The number of nitrogens with one attached hydrogen (secondary N) is 2. The lowest BCUT2D eigenvalue weighted by Crippen LogP contribution is -2.43. The number of benzene rings is 1. The molecule has 0 unspecified atom stereocenters. The fraction of sp³-hybridized carbons (Fsp3) is 0.364. The van der Waals surface area contributed by atoms with Crippen molar-refractivity contribution in [3.63, 3.8) is 0 Å². The van der Waals surface area contributed by atoms with Gasteiger partial charge in [0, 0.05) is 65.2 Å². The number of aliphatic imine (C=N–C) groups is 1. The van der Waals surface area contributed by atoms with E-state index in [1.54, 1.807) is 56.3 Å². The molecule has 1 aromatic heterocycles. The van der Waals surface area contributed by atoms with Gasteiger partial charge in [0.05, 0.1) is 6.54 Å². The van der Waals surface area contributed by atoms with Gasteiger partial charge in [-0.15, -0.1) is 0 Å². The first-order valence-corrected chi connectivity index (χ1v) is 9.79. The molecule has 8 heteroatoms. The van der Waals surface area contributed by atoms with Gasteiger partial charge in [0.15, 0.2) is 5.96 Å². The minimum absolute atomic E-state index is 0.0274. The van der Waals surface area contributed by atoms with Crippen molar-refractivity contribution in [2.24, 2.45) is 4.99 Å². The van der Waals surface area contributed by atoms with Gasteiger partial charge in [0.25, 0.3) is 5.91 Å². The van der Waals surface area contributed by atoms with Crippen molar-refractivity contribution in [1.82, 2.24) is 25.4 Å². The Hall–Kier alpha value is -3.42. The van der Waals surface area contributed by atoms with Crippen LogP contribution in [0.15, 0.2) is 53.7 Å². The molecule has 0 spiro atoms.